The van der Waals surface area contributed by atoms with Gasteiger partial charge >= 0.3 is 0 Å². The third-order valence-corrected chi connectivity index (χ3v) is 5.85. The smallest absolute Gasteiger partial charge is 0.171 e. The summed E-state index contributed by atoms with van der Waals surface area (Å²) in [6.07, 6.45) is 5.08. The molecule has 4 rings (SSSR count). The Morgan fingerprint density at radius 3 is 2.37 bits per heavy atom. The number of aryl methyl sites for hydroxylation is 1. The summed E-state index contributed by atoms with van der Waals surface area (Å²) in [5, 5.41) is 0.409. The molecule has 2 heterocycles. The van der Waals surface area contributed by atoms with Gasteiger partial charge in [0.15, 0.2) is 11.0 Å². The van der Waals surface area contributed by atoms with Gasteiger partial charge in [0.25, 0.3) is 0 Å². The molecule has 1 aliphatic heterocycles. The summed E-state index contributed by atoms with van der Waals surface area (Å²) in [6.45, 7) is 3.71. The summed E-state index contributed by atoms with van der Waals surface area (Å²) in [7, 11) is 0. The summed E-state index contributed by atoms with van der Waals surface area (Å²) in [5.41, 5.74) is 4.91. The van der Waals surface area contributed by atoms with E-state index in [4.69, 9.17) is 11.6 Å². The standard InChI is InChI=1S/C24H22ClF2N3/c1-16-11-14-30(24-23(25)28-12-13-29-24)15-20(16)18-8-5-17(6-9-18)7-10-19-21(26)3-2-4-22(19)27/h2-6,8-9,12-13H,7,10-11,14-15H2,1H3. The van der Waals surface area contributed by atoms with Gasteiger partial charge in [-0.25, -0.2) is 18.7 Å². The van der Waals surface area contributed by atoms with E-state index in [1.165, 1.54) is 29.3 Å². The third-order valence-electron chi connectivity index (χ3n) is 5.58. The zero-order valence-electron chi connectivity index (χ0n) is 16.7. The number of benzene rings is 2. The van der Waals surface area contributed by atoms with E-state index in [9.17, 15) is 8.78 Å². The molecule has 2 aromatic carbocycles. The lowest BCUT2D eigenvalue weighted by atomic mass is 9.93. The molecule has 0 N–H and O–H groups in total. The first-order valence-electron chi connectivity index (χ1n) is 9.95. The van der Waals surface area contributed by atoms with Gasteiger partial charge in [-0.2, -0.15) is 0 Å². The molecule has 154 valence electrons. The Balaban J connectivity index is 1.48. The highest BCUT2D eigenvalue weighted by Crippen LogP contribution is 2.31. The van der Waals surface area contributed by atoms with Crippen LogP contribution in [-0.2, 0) is 12.8 Å². The second kappa shape index (κ2) is 8.92. The summed E-state index contributed by atoms with van der Waals surface area (Å²) in [6, 6.07) is 12.2. The highest BCUT2D eigenvalue weighted by molar-refractivity contribution is 6.31. The largest absolute Gasteiger partial charge is 0.349 e. The molecule has 0 saturated carbocycles. The molecule has 0 radical (unpaired) electrons. The normalized spacial score (nSPS) is 14.3. The highest BCUT2D eigenvalue weighted by Gasteiger charge is 2.21. The number of nitrogens with zero attached hydrogens (tertiary/aromatic N) is 3. The van der Waals surface area contributed by atoms with Crippen LogP contribution in [0.2, 0.25) is 5.15 Å². The number of anilines is 1. The predicted octanol–water partition coefficient (Wildman–Crippen LogP) is 5.88. The van der Waals surface area contributed by atoms with E-state index in [1.54, 1.807) is 12.4 Å². The molecule has 0 atom stereocenters. The Hall–Kier alpha value is -2.79. The van der Waals surface area contributed by atoms with Crippen LogP contribution in [0.15, 0.2) is 60.4 Å². The molecule has 3 aromatic rings. The van der Waals surface area contributed by atoms with Crippen molar-refractivity contribution in [1.82, 2.24) is 9.97 Å². The molecule has 0 fully saturated rings. The first kappa shape index (κ1) is 20.5. The number of aromatic nitrogens is 2. The summed E-state index contributed by atoms with van der Waals surface area (Å²) in [4.78, 5) is 10.7. The second-order valence-electron chi connectivity index (χ2n) is 7.50. The van der Waals surface area contributed by atoms with Gasteiger partial charge in [-0.1, -0.05) is 47.5 Å². The number of rotatable bonds is 5. The maximum Gasteiger partial charge on any atom is 0.171 e. The summed E-state index contributed by atoms with van der Waals surface area (Å²) in [5.74, 6) is -0.276. The Morgan fingerprint density at radius 2 is 1.67 bits per heavy atom. The number of hydrogen-bond acceptors (Lipinski definition) is 3. The second-order valence-corrected chi connectivity index (χ2v) is 7.86. The van der Waals surface area contributed by atoms with E-state index >= 15 is 0 Å². The lowest BCUT2D eigenvalue weighted by molar-refractivity contribution is 0.554. The first-order valence-corrected chi connectivity index (χ1v) is 10.3. The van der Waals surface area contributed by atoms with Crippen molar-refractivity contribution in [3.63, 3.8) is 0 Å². The molecule has 30 heavy (non-hydrogen) atoms. The fraction of sp³-hybridized carbons (Fsp3) is 0.250. The molecule has 6 heteroatoms. The van der Waals surface area contributed by atoms with Gasteiger partial charge in [0.05, 0.1) is 0 Å². The van der Waals surface area contributed by atoms with E-state index in [2.05, 4.69) is 33.9 Å². The van der Waals surface area contributed by atoms with Crippen LogP contribution in [0.1, 0.15) is 30.0 Å². The van der Waals surface area contributed by atoms with Crippen LogP contribution in [0.25, 0.3) is 5.57 Å². The van der Waals surface area contributed by atoms with Crippen molar-refractivity contribution in [3.05, 3.63) is 93.9 Å². The van der Waals surface area contributed by atoms with Gasteiger partial charge in [-0.05, 0) is 55.0 Å². The van der Waals surface area contributed by atoms with Crippen molar-refractivity contribution in [1.29, 1.82) is 0 Å². The molecule has 0 unspecified atom stereocenters. The van der Waals surface area contributed by atoms with Gasteiger partial charge in [-0.3, -0.25) is 0 Å². The van der Waals surface area contributed by atoms with Gasteiger partial charge in [0.1, 0.15) is 11.6 Å². The Kier molecular flexibility index (Phi) is 6.09. The molecule has 0 amide bonds. The van der Waals surface area contributed by atoms with Gasteiger partial charge in [0, 0.05) is 31.0 Å². The Morgan fingerprint density at radius 1 is 0.967 bits per heavy atom. The van der Waals surface area contributed by atoms with Crippen LogP contribution < -0.4 is 4.90 Å². The maximum atomic E-state index is 13.8. The van der Waals surface area contributed by atoms with Crippen LogP contribution in [0.5, 0.6) is 0 Å². The van der Waals surface area contributed by atoms with Crippen LogP contribution in [0, 0.1) is 11.6 Å². The Bertz CT molecular complexity index is 1060. The molecule has 0 saturated heterocycles. The maximum absolute atomic E-state index is 13.8. The van der Waals surface area contributed by atoms with Crippen molar-refractivity contribution in [3.8, 4) is 0 Å². The van der Waals surface area contributed by atoms with Crippen LogP contribution in [0.3, 0.4) is 0 Å². The van der Waals surface area contributed by atoms with E-state index in [-0.39, 0.29) is 5.56 Å². The molecular formula is C24H22ClF2N3. The quantitative estimate of drug-likeness (QED) is 0.511. The van der Waals surface area contributed by atoms with Gasteiger partial charge in [-0.15, -0.1) is 0 Å². The predicted molar refractivity (Wildman–Crippen MR) is 117 cm³/mol. The zero-order chi connectivity index (χ0) is 21.1. The van der Waals surface area contributed by atoms with Crippen molar-refractivity contribution >= 4 is 23.0 Å². The fourth-order valence-electron chi connectivity index (χ4n) is 3.82. The highest BCUT2D eigenvalue weighted by atomic mass is 35.5. The molecular weight excluding hydrogens is 404 g/mol. The van der Waals surface area contributed by atoms with Crippen LogP contribution in [-0.4, -0.2) is 23.1 Å². The summed E-state index contributed by atoms with van der Waals surface area (Å²) >= 11 is 6.23. The van der Waals surface area contributed by atoms with Crippen molar-refractivity contribution < 1.29 is 8.78 Å². The summed E-state index contributed by atoms with van der Waals surface area (Å²) < 4.78 is 27.7. The minimum atomic E-state index is -0.489. The van der Waals surface area contributed by atoms with E-state index in [1.807, 2.05) is 12.1 Å². The van der Waals surface area contributed by atoms with Gasteiger partial charge in [0.2, 0.25) is 0 Å². The van der Waals surface area contributed by atoms with Gasteiger partial charge < -0.3 is 4.90 Å². The molecule has 0 bridgehead atoms. The van der Waals surface area contributed by atoms with Crippen LogP contribution >= 0.6 is 11.6 Å². The monoisotopic (exact) mass is 425 g/mol. The third kappa shape index (κ3) is 4.36. The first-order chi connectivity index (χ1) is 14.5. The Labute approximate surface area is 180 Å². The molecule has 1 aromatic heterocycles. The minimum absolute atomic E-state index is 0.143. The number of hydrogen-bond donors (Lipinski definition) is 0. The lowest BCUT2D eigenvalue weighted by Gasteiger charge is -2.31. The van der Waals surface area contributed by atoms with Crippen molar-refractivity contribution in [2.45, 2.75) is 26.2 Å². The average Bonchev–Trinajstić information content (AvgIpc) is 2.75. The fourth-order valence-corrected chi connectivity index (χ4v) is 4.04. The van der Waals surface area contributed by atoms with E-state index in [0.717, 1.165) is 24.1 Å². The molecule has 1 aliphatic rings. The average molecular weight is 426 g/mol. The lowest BCUT2D eigenvalue weighted by Crippen LogP contribution is -2.31. The zero-order valence-corrected chi connectivity index (χ0v) is 17.5. The molecule has 0 aliphatic carbocycles. The SMILES string of the molecule is CC1=C(c2ccc(CCc3c(F)cccc3F)cc2)CN(c2nccnc2Cl)CC1. The van der Waals surface area contributed by atoms with E-state index in [0.29, 0.717) is 30.4 Å². The minimum Gasteiger partial charge on any atom is -0.349 e. The number of halogens is 3. The van der Waals surface area contributed by atoms with E-state index < -0.39 is 11.6 Å². The molecule has 0 spiro atoms. The van der Waals surface area contributed by atoms with Crippen LogP contribution in [0.4, 0.5) is 14.6 Å². The van der Waals surface area contributed by atoms with Crippen molar-refractivity contribution in [2.24, 2.45) is 0 Å². The topological polar surface area (TPSA) is 29.0 Å². The van der Waals surface area contributed by atoms with Crippen molar-refractivity contribution in [2.75, 3.05) is 18.0 Å². The molecule has 3 nitrogen and oxygen atoms in total.